The summed E-state index contributed by atoms with van der Waals surface area (Å²) in [4.78, 5) is 25.5. The Balaban J connectivity index is 1.32. The summed E-state index contributed by atoms with van der Waals surface area (Å²) in [5.74, 6) is 1.69. The largest absolute Gasteiger partial charge is 0.355 e. The molecule has 0 spiro atoms. The first kappa shape index (κ1) is 16.1. The lowest BCUT2D eigenvalue weighted by molar-refractivity contribution is -0.133. The zero-order valence-electron chi connectivity index (χ0n) is 14.7. The highest BCUT2D eigenvalue weighted by molar-refractivity contribution is 5.83. The number of carbonyl (C=O) groups is 1. The van der Waals surface area contributed by atoms with Crippen LogP contribution in [0.1, 0.15) is 30.7 Å². The smallest absolute Gasteiger partial charge is 0.226 e. The molecule has 2 aromatic rings. The molecule has 2 atom stereocenters. The van der Waals surface area contributed by atoms with Gasteiger partial charge in [-0.3, -0.25) is 14.5 Å². The fraction of sp³-hybridized carbons (Fsp3) is 0.556. The Morgan fingerprint density at radius 1 is 1.24 bits per heavy atom. The summed E-state index contributed by atoms with van der Waals surface area (Å²) in [6.07, 6.45) is 12.0. The predicted molar refractivity (Wildman–Crippen MR) is 94.1 cm³/mol. The molecule has 1 aliphatic carbocycles. The van der Waals surface area contributed by atoms with Crippen LogP contribution >= 0.6 is 0 Å². The summed E-state index contributed by atoms with van der Waals surface area (Å²) in [7, 11) is 3.88. The molecule has 7 nitrogen and oxygen atoms in total. The molecule has 25 heavy (non-hydrogen) atoms. The highest BCUT2D eigenvalue weighted by Gasteiger charge is 2.46. The van der Waals surface area contributed by atoms with E-state index >= 15 is 0 Å². The van der Waals surface area contributed by atoms with E-state index in [4.69, 9.17) is 0 Å². The van der Waals surface area contributed by atoms with Gasteiger partial charge in [-0.1, -0.05) is 0 Å². The van der Waals surface area contributed by atoms with E-state index in [1.54, 1.807) is 23.3 Å². The Kier molecular flexibility index (Phi) is 4.15. The molecule has 7 heteroatoms. The van der Waals surface area contributed by atoms with Crippen molar-refractivity contribution < 1.29 is 4.79 Å². The molecule has 1 aliphatic heterocycles. The molecule has 1 saturated heterocycles. The van der Waals surface area contributed by atoms with Crippen molar-refractivity contribution in [3.8, 4) is 0 Å². The van der Waals surface area contributed by atoms with Crippen LogP contribution in [-0.2, 0) is 11.8 Å². The van der Waals surface area contributed by atoms with Gasteiger partial charge in [-0.25, -0.2) is 4.98 Å². The lowest BCUT2D eigenvalue weighted by Gasteiger charge is -2.37. The molecule has 4 rings (SSSR count). The average molecular weight is 340 g/mol. The number of amides is 1. The maximum absolute atomic E-state index is 12.8. The molecule has 0 radical (unpaired) electrons. The maximum Gasteiger partial charge on any atom is 0.226 e. The summed E-state index contributed by atoms with van der Waals surface area (Å²) in [6, 6.07) is 0.315. The van der Waals surface area contributed by atoms with Gasteiger partial charge in [-0.15, -0.1) is 0 Å². The van der Waals surface area contributed by atoms with E-state index in [0.717, 1.165) is 38.2 Å². The van der Waals surface area contributed by atoms with Crippen LogP contribution < -0.4 is 4.90 Å². The number of aryl methyl sites for hydroxylation is 1. The van der Waals surface area contributed by atoms with Crippen molar-refractivity contribution in [2.24, 2.45) is 13.0 Å². The van der Waals surface area contributed by atoms with E-state index in [1.165, 1.54) is 5.56 Å². The standard InChI is InChI=1S/C18H24N6O/c1-22-12-13(10-21-22)15-9-16(15)18(25)23(2)14-3-7-24(8-4-14)17-11-19-5-6-20-17/h5-6,10-12,14-16H,3-4,7-9H2,1-2H3/t15-,16+/m0/s1. The Morgan fingerprint density at radius 3 is 2.68 bits per heavy atom. The molecule has 2 fully saturated rings. The third-order valence-electron chi connectivity index (χ3n) is 5.49. The van der Waals surface area contributed by atoms with Crippen molar-refractivity contribution in [2.75, 3.05) is 25.0 Å². The lowest BCUT2D eigenvalue weighted by atomic mass is 10.0. The Labute approximate surface area is 147 Å². The van der Waals surface area contributed by atoms with Gasteiger partial charge in [0.1, 0.15) is 5.82 Å². The number of hydrogen-bond acceptors (Lipinski definition) is 5. The van der Waals surface area contributed by atoms with Crippen LogP contribution in [-0.4, -0.2) is 56.7 Å². The van der Waals surface area contributed by atoms with Crippen molar-refractivity contribution in [3.63, 3.8) is 0 Å². The number of nitrogens with zero attached hydrogens (tertiary/aromatic N) is 6. The molecule has 1 amide bonds. The number of hydrogen-bond donors (Lipinski definition) is 0. The zero-order chi connectivity index (χ0) is 17.4. The topological polar surface area (TPSA) is 67.2 Å². The van der Waals surface area contributed by atoms with Crippen LogP contribution in [0.15, 0.2) is 31.0 Å². The average Bonchev–Trinajstić information content (AvgIpc) is 3.35. The second-order valence-electron chi connectivity index (χ2n) is 7.13. The number of carbonyl (C=O) groups excluding carboxylic acids is 1. The monoisotopic (exact) mass is 340 g/mol. The summed E-state index contributed by atoms with van der Waals surface area (Å²) < 4.78 is 1.81. The molecule has 0 aromatic carbocycles. The maximum atomic E-state index is 12.8. The molecule has 132 valence electrons. The molecular formula is C18H24N6O. The van der Waals surface area contributed by atoms with Crippen molar-refractivity contribution in [2.45, 2.75) is 31.2 Å². The normalized spacial score (nSPS) is 23.5. The Morgan fingerprint density at radius 2 is 2.04 bits per heavy atom. The first-order valence-corrected chi connectivity index (χ1v) is 8.89. The number of aromatic nitrogens is 4. The van der Waals surface area contributed by atoms with E-state index in [0.29, 0.717) is 12.0 Å². The summed E-state index contributed by atoms with van der Waals surface area (Å²) >= 11 is 0. The first-order valence-electron chi connectivity index (χ1n) is 8.89. The van der Waals surface area contributed by atoms with Crippen molar-refractivity contribution >= 4 is 11.7 Å². The van der Waals surface area contributed by atoms with Gasteiger partial charge < -0.3 is 9.80 Å². The molecule has 0 bridgehead atoms. The Bertz CT molecular complexity index is 737. The van der Waals surface area contributed by atoms with Gasteiger partial charge in [0.05, 0.1) is 12.4 Å². The van der Waals surface area contributed by atoms with Gasteiger partial charge in [0.15, 0.2) is 0 Å². The third-order valence-corrected chi connectivity index (χ3v) is 5.49. The molecular weight excluding hydrogens is 316 g/mol. The summed E-state index contributed by atoms with van der Waals surface area (Å²) in [5, 5.41) is 4.22. The van der Waals surface area contributed by atoms with Crippen LogP contribution in [0, 0.1) is 5.92 Å². The molecule has 2 aliphatic rings. The van der Waals surface area contributed by atoms with E-state index in [1.807, 2.05) is 31.4 Å². The van der Waals surface area contributed by atoms with Gasteiger partial charge in [-0.05, 0) is 30.7 Å². The van der Waals surface area contributed by atoms with E-state index < -0.39 is 0 Å². The fourth-order valence-corrected chi connectivity index (χ4v) is 3.85. The number of piperidine rings is 1. The zero-order valence-corrected chi connectivity index (χ0v) is 14.7. The van der Waals surface area contributed by atoms with Gasteiger partial charge in [0.2, 0.25) is 5.91 Å². The minimum atomic E-state index is 0.132. The fourth-order valence-electron chi connectivity index (χ4n) is 3.85. The van der Waals surface area contributed by atoms with Crippen LogP contribution in [0.3, 0.4) is 0 Å². The Hall–Kier alpha value is -2.44. The highest BCUT2D eigenvalue weighted by atomic mass is 16.2. The van der Waals surface area contributed by atoms with E-state index in [-0.39, 0.29) is 11.8 Å². The number of anilines is 1. The van der Waals surface area contributed by atoms with Gasteiger partial charge >= 0.3 is 0 Å². The molecule has 0 unspecified atom stereocenters. The molecule has 0 N–H and O–H groups in total. The molecule has 2 aromatic heterocycles. The predicted octanol–water partition coefficient (Wildman–Crippen LogP) is 1.44. The highest BCUT2D eigenvalue weighted by Crippen LogP contribution is 2.48. The summed E-state index contributed by atoms with van der Waals surface area (Å²) in [5.41, 5.74) is 1.19. The van der Waals surface area contributed by atoms with Crippen LogP contribution in [0.5, 0.6) is 0 Å². The minimum absolute atomic E-state index is 0.132. The molecule has 3 heterocycles. The first-order chi connectivity index (χ1) is 12.1. The van der Waals surface area contributed by atoms with Crippen molar-refractivity contribution in [3.05, 3.63) is 36.5 Å². The van der Waals surface area contributed by atoms with Crippen molar-refractivity contribution in [1.29, 1.82) is 0 Å². The van der Waals surface area contributed by atoms with Crippen LogP contribution in [0.25, 0.3) is 0 Å². The van der Waals surface area contributed by atoms with Crippen LogP contribution in [0.2, 0.25) is 0 Å². The lowest BCUT2D eigenvalue weighted by Crippen LogP contribution is -2.46. The second kappa shape index (κ2) is 6.46. The van der Waals surface area contributed by atoms with Gasteiger partial charge in [0.25, 0.3) is 0 Å². The van der Waals surface area contributed by atoms with Crippen LogP contribution in [0.4, 0.5) is 5.82 Å². The van der Waals surface area contributed by atoms with Gasteiger partial charge in [-0.2, -0.15) is 5.10 Å². The third kappa shape index (κ3) is 3.23. The van der Waals surface area contributed by atoms with Gasteiger partial charge in [0, 0.05) is 57.7 Å². The number of rotatable bonds is 4. The minimum Gasteiger partial charge on any atom is -0.355 e. The molecule has 1 saturated carbocycles. The summed E-state index contributed by atoms with van der Waals surface area (Å²) in [6.45, 7) is 1.83. The quantitative estimate of drug-likeness (QED) is 0.842. The van der Waals surface area contributed by atoms with E-state index in [2.05, 4.69) is 20.0 Å². The van der Waals surface area contributed by atoms with Crippen molar-refractivity contribution in [1.82, 2.24) is 24.6 Å². The second-order valence-corrected chi connectivity index (χ2v) is 7.13. The SMILES string of the molecule is CN(C(=O)[C@@H]1C[C@H]1c1cnn(C)c1)C1CCN(c2cnccn2)CC1. The van der Waals surface area contributed by atoms with E-state index in [9.17, 15) is 4.79 Å².